The Kier molecular flexibility index (Phi) is 6.01. The van der Waals surface area contributed by atoms with Crippen LogP contribution in [-0.2, 0) is 4.74 Å². The number of nitrogens with zero attached hydrogens (tertiary/aromatic N) is 1. The summed E-state index contributed by atoms with van der Waals surface area (Å²) in [6.07, 6.45) is 4.16. The Morgan fingerprint density at radius 1 is 1.58 bits per heavy atom. The fourth-order valence-electron chi connectivity index (χ4n) is 2.44. The zero-order chi connectivity index (χ0) is 13.5. The van der Waals surface area contributed by atoms with Gasteiger partial charge in [-0.15, -0.1) is 11.3 Å². The smallest absolute Gasteiger partial charge is 0.172 e. The normalized spacial score (nSPS) is 21.2. The highest BCUT2D eigenvalue weighted by molar-refractivity contribution is 7.12. The third kappa shape index (κ3) is 4.71. The highest BCUT2D eigenvalue weighted by Crippen LogP contribution is 2.14. The van der Waals surface area contributed by atoms with Gasteiger partial charge in [0.25, 0.3) is 0 Å². The minimum atomic E-state index is 0.285. The Balaban J connectivity index is 1.71. The Morgan fingerprint density at radius 3 is 3.21 bits per heavy atom. The molecule has 3 nitrogen and oxygen atoms in total. The second kappa shape index (κ2) is 7.78. The lowest BCUT2D eigenvalue weighted by molar-refractivity contribution is 0.0517. The quantitative estimate of drug-likeness (QED) is 0.750. The lowest BCUT2D eigenvalue weighted by atomic mass is 10.1. The van der Waals surface area contributed by atoms with E-state index in [-0.39, 0.29) is 5.78 Å². The van der Waals surface area contributed by atoms with E-state index in [1.54, 1.807) is 11.3 Å². The SMILES string of the molecule is CCC1CN(CCCC(=O)c2cccs2)CCCO1. The van der Waals surface area contributed by atoms with Gasteiger partial charge in [0.1, 0.15) is 0 Å². The number of thiophene rings is 1. The number of hydrogen-bond donors (Lipinski definition) is 0. The van der Waals surface area contributed by atoms with Crippen LogP contribution in [0.4, 0.5) is 0 Å². The number of ether oxygens (including phenoxy) is 1. The molecule has 0 bridgehead atoms. The van der Waals surface area contributed by atoms with Crippen molar-refractivity contribution >= 4 is 17.1 Å². The van der Waals surface area contributed by atoms with Gasteiger partial charge < -0.3 is 9.64 Å². The molecular formula is C15H23NO2S. The molecule has 0 N–H and O–H groups in total. The summed E-state index contributed by atoms with van der Waals surface area (Å²) in [6.45, 7) is 6.18. The topological polar surface area (TPSA) is 29.5 Å². The van der Waals surface area contributed by atoms with Gasteiger partial charge in [0.2, 0.25) is 0 Å². The van der Waals surface area contributed by atoms with Gasteiger partial charge in [-0.25, -0.2) is 0 Å². The molecule has 0 aliphatic carbocycles. The van der Waals surface area contributed by atoms with Crippen molar-refractivity contribution in [1.82, 2.24) is 4.90 Å². The highest BCUT2D eigenvalue weighted by atomic mass is 32.1. The molecule has 1 atom stereocenters. The summed E-state index contributed by atoms with van der Waals surface area (Å²) >= 11 is 1.54. The summed E-state index contributed by atoms with van der Waals surface area (Å²) in [4.78, 5) is 15.2. The highest BCUT2D eigenvalue weighted by Gasteiger charge is 2.17. The molecule has 1 aliphatic heterocycles. The van der Waals surface area contributed by atoms with Crippen molar-refractivity contribution in [2.24, 2.45) is 0 Å². The molecule has 1 saturated heterocycles. The summed E-state index contributed by atoms with van der Waals surface area (Å²) in [5, 5.41) is 1.96. The van der Waals surface area contributed by atoms with Gasteiger partial charge in [-0.1, -0.05) is 13.0 Å². The van der Waals surface area contributed by atoms with E-state index in [1.165, 1.54) is 0 Å². The number of Topliss-reactive ketones (excluding diaryl/α,β-unsaturated/α-hetero) is 1. The number of carbonyl (C=O) groups is 1. The van der Waals surface area contributed by atoms with Gasteiger partial charge in [0.05, 0.1) is 11.0 Å². The first-order valence-corrected chi connectivity index (χ1v) is 8.08. The number of rotatable bonds is 6. The van der Waals surface area contributed by atoms with E-state index >= 15 is 0 Å². The lowest BCUT2D eigenvalue weighted by Gasteiger charge is -2.22. The van der Waals surface area contributed by atoms with Crippen LogP contribution in [-0.4, -0.2) is 43.0 Å². The molecule has 0 amide bonds. The fraction of sp³-hybridized carbons (Fsp3) is 0.667. The average molecular weight is 281 g/mol. The summed E-state index contributed by atoms with van der Waals surface area (Å²) in [7, 11) is 0. The third-order valence-corrected chi connectivity index (χ3v) is 4.47. The number of ketones is 1. The molecule has 2 rings (SSSR count). The zero-order valence-corrected chi connectivity index (χ0v) is 12.5. The van der Waals surface area contributed by atoms with Crippen LogP contribution < -0.4 is 0 Å². The van der Waals surface area contributed by atoms with Gasteiger partial charge >= 0.3 is 0 Å². The number of carbonyl (C=O) groups excluding carboxylic acids is 1. The van der Waals surface area contributed by atoms with Crippen molar-refractivity contribution in [3.05, 3.63) is 22.4 Å². The Hall–Kier alpha value is -0.710. The maximum absolute atomic E-state index is 11.9. The van der Waals surface area contributed by atoms with Crippen LogP contribution in [0.15, 0.2) is 17.5 Å². The molecule has 106 valence electrons. The standard InChI is InChI=1S/C15H23NO2S/c1-2-13-12-16(9-5-10-18-13)8-3-6-14(17)15-7-4-11-19-15/h4,7,11,13H,2-3,5-6,8-10,12H2,1H3. The van der Waals surface area contributed by atoms with Gasteiger partial charge in [-0.05, 0) is 37.3 Å². The van der Waals surface area contributed by atoms with Crippen LogP contribution in [0.1, 0.15) is 42.3 Å². The molecule has 1 unspecified atom stereocenters. The molecule has 1 fully saturated rings. The van der Waals surface area contributed by atoms with Gasteiger partial charge in [-0.3, -0.25) is 4.79 Å². The first-order valence-electron chi connectivity index (χ1n) is 7.20. The first kappa shape index (κ1) is 14.7. The predicted molar refractivity (Wildman–Crippen MR) is 79.0 cm³/mol. The van der Waals surface area contributed by atoms with Crippen molar-refractivity contribution in [3.8, 4) is 0 Å². The predicted octanol–water partition coefficient (Wildman–Crippen LogP) is 3.21. The molecule has 19 heavy (non-hydrogen) atoms. The van der Waals surface area contributed by atoms with Gasteiger partial charge in [0, 0.05) is 26.1 Å². The van der Waals surface area contributed by atoms with Crippen molar-refractivity contribution < 1.29 is 9.53 Å². The number of hydrogen-bond acceptors (Lipinski definition) is 4. The van der Waals surface area contributed by atoms with Crippen LogP contribution in [0.2, 0.25) is 0 Å². The van der Waals surface area contributed by atoms with Crippen LogP contribution >= 0.6 is 11.3 Å². The van der Waals surface area contributed by atoms with Crippen molar-refractivity contribution in [1.29, 1.82) is 0 Å². The Morgan fingerprint density at radius 2 is 2.47 bits per heavy atom. The summed E-state index contributed by atoms with van der Waals surface area (Å²) in [5.41, 5.74) is 0. The van der Waals surface area contributed by atoms with E-state index in [9.17, 15) is 4.79 Å². The van der Waals surface area contributed by atoms with Crippen LogP contribution in [0.25, 0.3) is 0 Å². The van der Waals surface area contributed by atoms with Crippen LogP contribution in [0.3, 0.4) is 0 Å². The van der Waals surface area contributed by atoms with E-state index < -0.39 is 0 Å². The van der Waals surface area contributed by atoms with Crippen molar-refractivity contribution in [2.75, 3.05) is 26.2 Å². The summed E-state index contributed by atoms with van der Waals surface area (Å²) < 4.78 is 5.76. The molecule has 4 heteroatoms. The minimum absolute atomic E-state index is 0.285. The van der Waals surface area contributed by atoms with Gasteiger partial charge in [0.15, 0.2) is 5.78 Å². The Labute approximate surface area is 119 Å². The van der Waals surface area contributed by atoms with Crippen LogP contribution in [0.5, 0.6) is 0 Å². The molecule has 1 aromatic rings. The monoisotopic (exact) mass is 281 g/mol. The Bertz CT molecular complexity index is 378. The first-order chi connectivity index (χ1) is 9.29. The molecule has 0 radical (unpaired) electrons. The average Bonchev–Trinajstić information content (AvgIpc) is 2.86. The second-order valence-electron chi connectivity index (χ2n) is 5.06. The fourth-order valence-corrected chi connectivity index (χ4v) is 3.14. The largest absolute Gasteiger partial charge is 0.377 e. The molecule has 0 saturated carbocycles. The summed E-state index contributed by atoms with van der Waals surface area (Å²) in [5.74, 6) is 0.285. The van der Waals surface area contributed by atoms with E-state index in [0.717, 1.165) is 50.4 Å². The molecule has 2 heterocycles. The van der Waals surface area contributed by atoms with Gasteiger partial charge in [-0.2, -0.15) is 0 Å². The summed E-state index contributed by atoms with van der Waals surface area (Å²) in [6, 6.07) is 3.86. The zero-order valence-electron chi connectivity index (χ0n) is 11.6. The lowest BCUT2D eigenvalue weighted by Crippen LogP contribution is -2.32. The maximum Gasteiger partial charge on any atom is 0.172 e. The van der Waals surface area contributed by atoms with Crippen molar-refractivity contribution in [3.63, 3.8) is 0 Å². The second-order valence-corrected chi connectivity index (χ2v) is 6.01. The third-order valence-electron chi connectivity index (χ3n) is 3.56. The van der Waals surface area contributed by atoms with Crippen molar-refractivity contribution in [2.45, 2.75) is 38.7 Å². The minimum Gasteiger partial charge on any atom is -0.377 e. The maximum atomic E-state index is 11.9. The molecule has 0 aromatic carbocycles. The molecule has 1 aromatic heterocycles. The van der Waals surface area contributed by atoms with Crippen LogP contribution in [0, 0.1) is 0 Å². The van der Waals surface area contributed by atoms with E-state index in [0.29, 0.717) is 12.5 Å². The van der Waals surface area contributed by atoms with E-state index in [1.807, 2.05) is 17.5 Å². The van der Waals surface area contributed by atoms with E-state index in [2.05, 4.69) is 11.8 Å². The van der Waals surface area contributed by atoms with E-state index in [4.69, 9.17) is 4.74 Å². The molecule has 1 aliphatic rings. The molecular weight excluding hydrogens is 258 g/mol. The molecule has 0 spiro atoms.